The zero-order valence-corrected chi connectivity index (χ0v) is 31.0. The summed E-state index contributed by atoms with van der Waals surface area (Å²) >= 11 is 1.92. The van der Waals surface area contributed by atoms with E-state index in [1.807, 2.05) is 17.8 Å². The van der Waals surface area contributed by atoms with Crippen molar-refractivity contribution in [2.24, 2.45) is 0 Å². The van der Waals surface area contributed by atoms with Crippen LogP contribution in [0.3, 0.4) is 0 Å². The van der Waals surface area contributed by atoms with Crippen LogP contribution in [-0.2, 0) is 0 Å². The van der Waals surface area contributed by atoms with Crippen LogP contribution in [0.5, 0.6) is 0 Å². The Morgan fingerprint density at radius 3 is 2.11 bits per heavy atom. The number of allylic oxidation sites excluding steroid dienone is 8. The largest absolute Gasteiger partial charge is 0.456 e. The second kappa shape index (κ2) is 13.2. The van der Waals surface area contributed by atoms with Crippen molar-refractivity contribution in [3.8, 4) is 11.1 Å². The van der Waals surface area contributed by atoms with E-state index in [9.17, 15) is 0 Å². The lowest BCUT2D eigenvalue weighted by atomic mass is 9.79. The molecule has 0 saturated carbocycles. The Hall–Kier alpha value is -6.29. The first-order chi connectivity index (χ1) is 27.2. The molecule has 262 valence electrons. The normalized spacial score (nSPS) is 17.3. The summed E-state index contributed by atoms with van der Waals surface area (Å²) in [5, 5.41) is 4.76. The minimum absolute atomic E-state index is 0.303. The monoisotopic (exact) mass is 723 g/mol. The number of hydrogen-bond donors (Lipinski definition) is 0. The Balaban J connectivity index is 0.963. The zero-order chi connectivity index (χ0) is 36.3. The van der Waals surface area contributed by atoms with Crippen LogP contribution in [0.1, 0.15) is 41.4 Å². The molecule has 7 aromatic carbocycles. The molecule has 3 aliphatic rings. The lowest BCUT2D eigenvalue weighted by molar-refractivity contribution is 0.669. The summed E-state index contributed by atoms with van der Waals surface area (Å²) in [6, 6.07) is 55.6. The average Bonchev–Trinajstić information content (AvgIpc) is 3.84. The van der Waals surface area contributed by atoms with Crippen LogP contribution < -0.4 is 4.90 Å². The van der Waals surface area contributed by atoms with Gasteiger partial charge in [0.1, 0.15) is 11.2 Å². The van der Waals surface area contributed by atoms with Crippen LogP contribution in [0.25, 0.3) is 49.4 Å². The fourth-order valence-corrected chi connectivity index (χ4v) is 10.1. The number of anilines is 3. The number of para-hydroxylation sites is 1. The Kier molecular flexibility index (Phi) is 7.74. The topological polar surface area (TPSA) is 16.4 Å². The Morgan fingerprint density at radius 1 is 0.600 bits per heavy atom. The molecular weight excluding hydrogens is 687 g/mol. The third-order valence-electron chi connectivity index (χ3n) is 11.5. The van der Waals surface area contributed by atoms with E-state index >= 15 is 0 Å². The van der Waals surface area contributed by atoms with Crippen LogP contribution >= 0.6 is 11.8 Å². The fraction of sp³-hybridized carbons (Fsp3) is 0.0769. The summed E-state index contributed by atoms with van der Waals surface area (Å²) in [6.45, 7) is 0. The molecule has 2 nitrogen and oxygen atoms in total. The molecule has 8 aromatic rings. The van der Waals surface area contributed by atoms with Gasteiger partial charge in [-0.05, 0) is 123 Å². The van der Waals surface area contributed by atoms with Crippen molar-refractivity contribution in [3.63, 3.8) is 0 Å². The predicted octanol–water partition coefficient (Wildman–Crippen LogP) is 15.0. The first kappa shape index (κ1) is 32.2. The van der Waals surface area contributed by atoms with Gasteiger partial charge in [-0.15, -0.1) is 0 Å². The Labute approximate surface area is 325 Å². The molecule has 55 heavy (non-hydrogen) atoms. The van der Waals surface area contributed by atoms with Gasteiger partial charge in [-0.1, -0.05) is 139 Å². The standard InChI is InChI=1S/C52H37NOS/c1-2-9-34(10-3-1)35-19-26-40(27-20-35)53(42-30-23-37(24-31-42)43-13-8-16-50-52(43)45-12-5-7-15-49(45)55-50)41-28-21-36(22-29-41)39-18-17-38-25-32-48-51(46(38)33-39)44-11-4-6-14-47(44)54-48/h2,4-33,43,52H,1,3H2. The molecule has 11 rings (SSSR count). The van der Waals surface area contributed by atoms with Gasteiger partial charge < -0.3 is 9.32 Å². The van der Waals surface area contributed by atoms with E-state index < -0.39 is 0 Å². The molecule has 0 bridgehead atoms. The molecule has 2 aliphatic carbocycles. The van der Waals surface area contributed by atoms with Gasteiger partial charge in [0.2, 0.25) is 0 Å². The summed E-state index contributed by atoms with van der Waals surface area (Å²) in [4.78, 5) is 5.21. The molecule has 0 fully saturated rings. The van der Waals surface area contributed by atoms with E-state index in [-0.39, 0.29) is 0 Å². The van der Waals surface area contributed by atoms with Crippen LogP contribution in [0, 0.1) is 0 Å². The van der Waals surface area contributed by atoms with E-state index in [0.717, 1.165) is 46.5 Å². The summed E-state index contributed by atoms with van der Waals surface area (Å²) in [7, 11) is 0. The minimum Gasteiger partial charge on any atom is -0.456 e. The molecule has 0 amide bonds. The van der Waals surface area contributed by atoms with Crippen LogP contribution in [0.15, 0.2) is 202 Å². The third kappa shape index (κ3) is 5.58. The molecule has 2 heterocycles. The fourth-order valence-electron chi connectivity index (χ4n) is 8.82. The Morgan fingerprint density at radius 2 is 1.31 bits per heavy atom. The maximum atomic E-state index is 6.23. The van der Waals surface area contributed by atoms with Crippen molar-refractivity contribution in [2.45, 2.75) is 29.6 Å². The highest BCUT2D eigenvalue weighted by molar-refractivity contribution is 8.03. The second-order valence-electron chi connectivity index (χ2n) is 14.7. The maximum Gasteiger partial charge on any atom is 0.136 e. The van der Waals surface area contributed by atoms with E-state index in [1.54, 1.807) is 0 Å². The first-order valence-electron chi connectivity index (χ1n) is 19.2. The van der Waals surface area contributed by atoms with Crippen LogP contribution in [0.4, 0.5) is 17.1 Å². The van der Waals surface area contributed by atoms with Crippen molar-refractivity contribution >= 4 is 67.1 Å². The molecule has 1 aromatic heterocycles. The van der Waals surface area contributed by atoms with Crippen LogP contribution in [-0.4, -0.2) is 0 Å². The molecule has 3 heteroatoms. The number of hydrogen-bond acceptors (Lipinski definition) is 3. The molecule has 0 spiro atoms. The number of fused-ring (bicyclic) bond motifs is 8. The molecule has 0 N–H and O–H groups in total. The molecule has 2 atom stereocenters. The van der Waals surface area contributed by atoms with Gasteiger partial charge in [0.05, 0.1) is 0 Å². The first-order valence-corrected chi connectivity index (χ1v) is 20.0. The van der Waals surface area contributed by atoms with Crippen molar-refractivity contribution in [3.05, 3.63) is 210 Å². The van der Waals surface area contributed by atoms with E-state index in [1.165, 1.54) is 59.3 Å². The molecular formula is C52H37NOS. The number of nitrogens with zero attached hydrogens (tertiary/aromatic N) is 1. The molecule has 0 saturated heterocycles. The smallest absolute Gasteiger partial charge is 0.136 e. The summed E-state index contributed by atoms with van der Waals surface area (Å²) in [5.41, 5.74) is 12.9. The van der Waals surface area contributed by atoms with Gasteiger partial charge in [-0.2, -0.15) is 0 Å². The third-order valence-corrected chi connectivity index (χ3v) is 12.8. The number of furan rings is 1. The van der Waals surface area contributed by atoms with Gasteiger partial charge in [-0.3, -0.25) is 0 Å². The van der Waals surface area contributed by atoms with Gasteiger partial charge in [0.15, 0.2) is 0 Å². The van der Waals surface area contributed by atoms with Gasteiger partial charge in [-0.25, -0.2) is 0 Å². The highest BCUT2D eigenvalue weighted by Gasteiger charge is 2.35. The van der Waals surface area contributed by atoms with E-state index in [4.69, 9.17) is 4.42 Å². The summed E-state index contributed by atoms with van der Waals surface area (Å²) < 4.78 is 6.23. The van der Waals surface area contributed by atoms with Gasteiger partial charge >= 0.3 is 0 Å². The zero-order valence-electron chi connectivity index (χ0n) is 30.2. The number of benzene rings is 7. The van der Waals surface area contributed by atoms with Crippen LogP contribution in [0.2, 0.25) is 0 Å². The van der Waals surface area contributed by atoms with Crippen molar-refractivity contribution in [2.75, 3.05) is 4.90 Å². The predicted molar refractivity (Wildman–Crippen MR) is 233 cm³/mol. The lowest BCUT2D eigenvalue weighted by Gasteiger charge is -2.28. The second-order valence-corrected chi connectivity index (χ2v) is 15.8. The van der Waals surface area contributed by atoms with Crippen molar-refractivity contribution in [1.82, 2.24) is 0 Å². The number of rotatable bonds is 6. The highest BCUT2D eigenvalue weighted by atomic mass is 32.2. The van der Waals surface area contributed by atoms with E-state index in [0.29, 0.717) is 11.8 Å². The molecule has 0 radical (unpaired) electrons. The lowest BCUT2D eigenvalue weighted by Crippen LogP contribution is -2.12. The molecule has 1 aliphatic heterocycles. The average molecular weight is 724 g/mol. The maximum absolute atomic E-state index is 6.23. The summed E-state index contributed by atoms with van der Waals surface area (Å²) in [5.74, 6) is 0.673. The molecule has 2 unspecified atom stereocenters. The van der Waals surface area contributed by atoms with Gasteiger partial charge in [0.25, 0.3) is 0 Å². The Bertz CT molecular complexity index is 2890. The SMILES string of the molecule is C1=CC(c2ccc(N(c3ccc(C4=CCCC=C4)cc3)c3ccc(-c4ccc5ccc6oc7ccccc7c6c5c4)cc3)cc2)C2C(=C1)Sc1ccccc12. The highest BCUT2D eigenvalue weighted by Crippen LogP contribution is 2.56. The minimum atomic E-state index is 0.303. The number of thioether (sulfide) groups is 1. The van der Waals surface area contributed by atoms with E-state index in [2.05, 4.69) is 187 Å². The quantitative estimate of drug-likeness (QED) is 0.170. The van der Waals surface area contributed by atoms with Gasteiger partial charge in [0, 0.05) is 44.6 Å². The van der Waals surface area contributed by atoms with Crippen molar-refractivity contribution in [1.29, 1.82) is 0 Å². The van der Waals surface area contributed by atoms with Crippen molar-refractivity contribution < 1.29 is 4.42 Å². The summed E-state index contributed by atoms with van der Waals surface area (Å²) in [6.07, 6.45) is 16.0.